The Kier molecular flexibility index (Phi) is 6.72. The van der Waals surface area contributed by atoms with Crippen LogP contribution in [0.1, 0.15) is 32.3 Å². The largest absolute Gasteiger partial charge is 0.493 e. The molecular weight excluding hydrogens is 276 g/mol. The highest BCUT2D eigenvalue weighted by molar-refractivity contribution is 5.76. The van der Waals surface area contributed by atoms with Crippen molar-refractivity contribution in [3.8, 4) is 5.75 Å². The van der Waals surface area contributed by atoms with Crippen molar-refractivity contribution in [2.75, 3.05) is 32.8 Å². The predicted octanol–water partition coefficient (Wildman–Crippen LogP) is 2.48. The molecule has 0 aromatic heterocycles. The van der Waals surface area contributed by atoms with Crippen molar-refractivity contribution in [3.05, 3.63) is 29.8 Å². The number of nitrogens with one attached hydrogen (secondary N) is 1. The third-order valence-corrected chi connectivity index (χ3v) is 3.85. The van der Waals surface area contributed by atoms with Gasteiger partial charge in [0.2, 0.25) is 5.91 Å². The van der Waals surface area contributed by atoms with E-state index in [-0.39, 0.29) is 5.91 Å². The summed E-state index contributed by atoms with van der Waals surface area (Å²) in [4.78, 5) is 14.1. The maximum atomic E-state index is 12.2. The molecule has 0 bridgehead atoms. The number of rotatable bonds is 7. The Morgan fingerprint density at radius 1 is 1.27 bits per heavy atom. The fraction of sp³-hybridized carbons (Fsp3) is 0.611. The zero-order valence-corrected chi connectivity index (χ0v) is 13.8. The van der Waals surface area contributed by atoms with Crippen LogP contribution in [0.5, 0.6) is 5.75 Å². The molecule has 0 aliphatic carbocycles. The van der Waals surface area contributed by atoms with Crippen LogP contribution in [-0.2, 0) is 11.2 Å². The van der Waals surface area contributed by atoms with Crippen LogP contribution in [0.2, 0.25) is 0 Å². The van der Waals surface area contributed by atoms with Crippen LogP contribution in [0.25, 0.3) is 0 Å². The van der Waals surface area contributed by atoms with Crippen molar-refractivity contribution in [2.24, 2.45) is 5.92 Å². The molecule has 22 heavy (non-hydrogen) atoms. The van der Waals surface area contributed by atoms with E-state index in [1.807, 2.05) is 23.1 Å². The van der Waals surface area contributed by atoms with E-state index in [1.165, 1.54) is 5.56 Å². The molecule has 1 heterocycles. The molecule has 4 heteroatoms. The summed E-state index contributed by atoms with van der Waals surface area (Å²) in [5, 5.41) is 3.27. The second kappa shape index (κ2) is 8.79. The van der Waals surface area contributed by atoms with E-state index in [4.69, 9.17) is 4.74 Å². The highest BCUT2D eigenvalue weighted by atomic mass is 16.5. The molecule has 2 rings (SSSR count). The number of nitrogens with zero attached hydrogens (tertiary/aromatic N) is 1. The standard InChI is InChI=1S/C18H28N2O2/c1-15(2)14-22-17-8-4-3-6-16(17)7-5-9-18(21)20-12-10-19-11-13-20/h3-4,6,8,15,19H,5,7,9-14H2,1-2H3. The van der Waals surface area contributed by atoms with Crippen molar-refractivity contribution >= 4 is 5.91 Å². The van der Waals surface area contributed by atoms with Gasteiger partial charge >= 0.3 is 0 Å². The number of carbonyl (C=O) groups is 1. The third kappa shape index (κ3) is 5.34. The molecule has 0 saturated carbocycles. The van der Waals surface area contributed by atoms with E-state index in [1.54, 1.807) is 0 Å². The predicted molar refractivity (Wildman–Crippen MR) is 89.2 cm³/mol. The van der Waals surface area contributed by atoms with Crippen molar-refractivity contribution in [1.82, 2.24) is 10.2 Å². The number of carbonyl (C=O) groups excluding carboxylic acids is 1. The summed E-state index contributed by atoms with van der Waals surface area (Å²) in [5.41, 5.74) is 1.20. The van der Waals surface area contributed by atoms with Gasteiger partial charge in [0.1, 0.15) is 5.75 Å². The lowest BCUT2D eigenvalue weighted by molar-refractivity contribution is -0.131. The minimum Gasteiger partial charge on any atom is -0.493 e. The van der Waals surface area contributed by atoms with Gasteiger partial charge in [0, 0.05) is 32.6 Å². The quantitative estimate of drug-likeness (QED) is 0.841. The Hall–Kier alpha value is -1.55. The summed E-state index contributed by atoms with van der Waals surface area (Å²) in [6.45, 7) is 8.54. The van der Waals surface area contributed by atoms with E-state index >= 15 is 0 Å². The molecule has 1 aromatic carbocycles. The Bertz CT molecular complexity index is 468. The molecule has 1 aliphatic heterocycles. The van der Waals surface area contributed by atoms with Crippen LogP contribution < -0.4 is 10.1 Å². The topological polar surface area (TPSA) is 41.6 Å². The average molecular weight is 304 g/mol. The molecule has 0 spiro atoms. The van der Waals surface area contributed by atoms with Crippen LogP contribution >= 0.6 is 0 Å². The van der Waals surface area contributed by atoms with Gasteiger partial charge in [-0.2, -0.15) is 0 Å². The number of amides is 1. The van der Waals surface area contributed by atoms with E-state index in [2.05, 4.69) is 25.2 Å². The monoisotopic (exact) mass is 304 g/mol. The van der Waals surface area contributed by atoms with Crippen LogP contribution in [-0.4, -0.2) is 43.6 Å². The Balaban J connectivity index is 1.79. The molecule has 4 nitrogen and oxygen atoms in total. The SMILES string of the molecule is CC(C)COc1ccccc1CCCC(=O)N1CCNCC1. The van der Waals surface area contributed by atoms with Crippen LogP contribution in [0.4, 0.5) is 0 Å². The van der Waals surface area contributed by atoms with Gasteiger partial charge < -0.3 is 15.0 Å². The number of hydrogen-bond acceptors (Lipinski definition) is 3. The van der Waals surface area contributed by atoms with Gasteiger partial charge in [-0.25, -0.2) is 0 Å². The molecule has 1 N–H and O–H groups in total. The summed E-state index contributed by atoms with van der Waals surface area (Å²) in [7, 11) is 0. The van der Waals surface area contributed by atoms with Crippen LogP contribution in [0.15, 0.2) is 24.3 Å². The van der Waals surface area contributed by atoms with Gasteiger partial charge in [0.05, 0.1) is 6.61 Å². The first-order valence-corrected chi connectivity index (χ1v) is 8.36. The minimum atomic E-state index is 0.280. The molecule has 0 atom stereocenters. The average Bonchev–Trinajstić information content (AvgIpc) is 2.54. The number of para-hydroxylation sites is 1. The molecule has 1 aliphatic rings. The molecule has 0 radical (unpaired) electrons. The van der Waals surface area contributed by atoms with E-state index in [0.29, 0.717) is 12.3 Å². The highest BCUT2D eigenvalue weighted by Gasteiger charge is 2.15. The van der Waals surface area contributed by atoms with Gasteiger partial charge in [-0.3, -0.25) is 4.79 Å². The smallest absolute Gasteiger partial charge is 0.222 e. The zero-order chi connectivity index (χ0) is 15.8. The number of ether oxygens (including phenoxy) is 1. The molecule has 0 unspecified atom stereocenters. The van der Waals surface area contributed by atoms with E-state index in [0.717, 1.165) is 51.4 Å². The molecule has 1 fully saturated rings. The Labute approximate surface area is 133 Å². The third-order valence-electron chi connectivity index (χ3n) is 3.85. The fourth-order valence-corrected chi connectivity index (χ4v) is 2.61. The van der Waals surface area contributed by atoms with E-state index < -0.39 is 0 Å². The molecular formula is C18H28N2O2. The Morgan fingerprint density at radius 2 is 2.00 bits per heavy atom. The van der Waals surface area contributed by atoms with Gasteiger partial charge in [-0.1, -0.05) is 32.0 Å². The van der Waals surface area contributed by atoms with Crippen molar-refractivity contribution in [3.63, 3.8) is 0 Å². The lowest BCUT2D eigenvalue weighted by Gasteiger charge is -2.27. The maximum absolute atomic E-state index is 12.2. The number of benzene rings is 1. The van der Waals surface area contributed by atoms with Gasteiger partial charge in [0.25, 0.3) is 0 Å². The van der Waals surface area contributed by atoms with Gasteiger partial charge in [-0.05, 0) is 30.4 Å². The van der Waals surface area contributed by atoms with E-state index in [9.17, 15) is 4.79 Å². The first kappa shape index (κ1) is 16.8. The summed E-state index contributed by atoms with van der Waals surface area (Å²) in [5.74, 6) is 1.76. The van der Waals surface area contributed by atoms with Crippen molar-refractivity contribution in [2.45, 2.75) is 33.1 Å². The summed E-state index contributed by atoms with van der Waals surface area (Å²) >= 11 is 0. The lowest BCUT2D eigenvalue weighted by atomic mass is 10.1. The molecule has 1 amide bonds. The summed E-state index contributed by atoms with van der Waals surface area (Å²) in [6, 6.07) is 8.17. The normalized spacial score (nSPS) is 15.1. The fourth-order valence-electron chi connectivity index (χ4n) is 2.61. The highest BCUT2D eigenvalue weighted by Crippen LogP contribution is 2.21. The van der Waals surface area contributed by atoms with Crippen LogP contribution in [0, 0.1) is 5.92 Å². The molecule has 122 valence electrons. The molecule has 1 saturated heterocycles. The Morgan fingerprint density at radius 3 is 2.73 bits per heavy atom. The first-order valence-electron chi connectivity index (χ1n) is 8.36. The first-order chi connectivity index (χ1) is 10.7. The van der Waals surface area contributed by atoms with Gasteiger partial charge in [-0.15, -0.1) is 0 Å². The number of hydrogen-bond donors (Lipinski definition) is 1. The van der Waals surface area contributed by atoms with Crippen LogP contribution in [0.3, 0.4) is 0 Å². The van der Waals surface area contributed by atoms with Crippen molar-refractivity contribution in [1.29, 1.82) is 0 Å². The van der Waals surface area contributed by atoms with Gasteiger partial charge in [0.15, 0.2) is 0 Å². The lowest BCUT2D eigenvalue weighted by Crippen LogP contribution is -2.46. The summed E-state index contributed by atoms with van der Waals surface area (Å²) < 4.78 is 5.87. The maximum Gasteiger partial charge on any atom is 0.222 e. The zero-order valence-electron chi connectivity index (χ0n) is 13.8. The summed E-state index contributed by atoms with van der Waals surface area (Å²) in [6.07, 6.45) is 2.40. The minimum absolute atomic E-state index is 0.280. The number of piperazine rings is 1. The molecule has 1 aromatic rings. The number of aryl methyl sites for hydroxylation is 1. The second-order valence-electron chi connectivity index (χ2n) is 6.30. The van der Waals surface area contributed by atoms with Crippen molar-refractivity contribution < 1.29 is 9.53 Å². The second-order valence-corrected chi connectivity index (χ2v) is 6.30.